The molecule has 0 aliphatic heterocycles. The fraction of sp³-hybridized carbons (Fsp3) is 0.235. The van der Waals surface area contributed by atoms with Crippen molar-refractivity contribution in [3.63, 3.8) is 0 Å². The molecular formula is C17H18N2O4S. The monoisotopic (exact) mass is 346 g/mol. The van der Waals surface area contributed by atoms with Crippen LogP contribution in [0.5, 0.6) is 0 Å². The largest absolute Gasteiger partial charge is 0.451 e. The summed E-state index contributed by atoms with van der Waals surface area (Å²) in [5.41, 5.74) is 1.74. The molecule has 0 bridgehead atoms. The summed E-state index contributed by atoms with van der Waals surface area (Å²) in [6.45, 7) is 1.39. The van der Waals surface area contributed by atoms with Gasteiger partial charge in [-0.05, 0) is 29.5 Å². The van der Waals surface area contributed by atoms with Crippen LogP contribution in [-0.4, -0.2) is 30.9 Å². The normalized spacial score (nSPS) is 10.0. The molecule has 2 rings (SSSR count). The van der Waals surface area contributed by atoms with Gasteiger partial charge in [-0.25, -0.2) is 4.79 Å². The SMILES string of the molecule is CCc1ccccc1NC(=O)CNC(=O)COC(=O)c1cccs1. The zero-order valence-corrected chi connectivity index (χ0v) is 14.0. The highest BCUT2D eigenvalue weighted by Gasteiger charge is 2.12. The molecule has 6 nitrogen and oxygen atoms in total. The minimum absolute atomic E-state index is 0.187. The number of aryl methyl sites for hydroxylation is 1. The molecule has 0 aliphatic carbocycles. The molecular weight excluding hydrogens is 328 g/mol. The quantitative estimate of drug-likeness (QED) is 0.753. The molecule has 0 spiro atoms. The number of rotatable bonds is 7. The molecule has 0 saturated carbocycles. The van der Waals surface area contributed by atoms with Crippen molar-refractivity contribution in [2.24, 2.45) is 0 Å². The van der Waals surface area contributed by atoms with Gasteiger partial charge in [-0.15, -0.1) is 11.3 Å². The molecule has 1 aromatic carbocycles. The number of amides is 2. The van der Waals surface area contributed by atoms with Crippen LogP contribution in [0, 0.1) is 0 Å². The molecule has 1 heterocycles. The Balaban J connectivity index is 1.73. The van der Waals surface area contributed by atoms with E-state index in [9.17, 15) is 14.4 Å². The first-order valence-electron chi connectivity index (χ1n) is 7.45. The van der Waals surface area contributed by atoms with Gasteiger partial charge in [-0.2, -0.15) is 0 Å². The van der Waals surface area contributed by atoms with E-state index >= 15 is 0 Å². The van der Waals surface area contributed by atoms with E-state index in [1.54, 1.807) is 23.6 Å². The van der Waals surface area contributed by atoms with Gasteiger partial charge in [0.25, 0.3) is 5.91 Å². The molecule has 126 valence electrons. The lowest BCUT2D eigenvalue weighted by atomic mass is 10.1. The molecule has 2 N–H and O–H groups in total. The number of carbonyl (C=O) groups is 3. The molecule has 0 aliphatic rings. The van der Waals surface area contributed by atoms with Crippen LogP contribution in [0.1, 0.15) is 22.2 Å². The van der Waals surface area contributed by atoms with Crippen molar-refractivity contribution >= 4 is 34.8 Å². The second-order valence-corrected chi connectivity index (χ2v) is 5.84. The summed E-state index contributed by atoms with van der Waals surface area (Å²) in [6, 6.07) is 10.8. The van der Waals surface area contributed by atoms with E-state index in [1.807, 2.05) is 25.1 Å². The predicted molar refractivity (Wildman–Crippen MR) is 92.1 cm³/mol. The van der Waals surface area contributed by atoms with Crippen molar-refractivity contribution in [1.29, 1.82) is 0 Å². The molecule has 2 amide bonds. The summed E-state index contributed by atoms with van der Waals surface area (Å²) < 4.78 is 4.86. The smallest absolute Gasteiger partial charge is 0.348 e. The van der Waals surface area contributed by atoms with Gasteiger partial charge in [0, 0.05) is 5.69 Å². The highest BCUT2D eigenvalue weighted by Crippen LogP contribution is 2.15. The standard InChI is InChI=1S/C17H18N2O4S/c1-2-12-6-3-4-7-13(12)19-15(20)10-18-16(21)11-23-17(22)14-8-5-9-24-14/h3-9H,2,10-11H2,1H3,(H,18,21)(H,19,20). The summed E-state index contributed by atoms with van der Waals surface area (Å²) >= 11 is 1.24. The number of anilines is 1. The van der Waals surface area contributed by atoms with Crippen LogP contribution < -0.4 is 10.6 Å². The Hall–Kier alpha value is -2.67. The van der Waals surface area contributed by atoms with Gasteiger partial charge in [-0.3, -0.25) is 9.59 Å². The fourth-order valence-corrected chi connectivity index (χ4v) is 2.59. The summed E-state index contributed by atoms with van der Waals surface area (Å²) in [7, 11) is 0. The third kappa shape index (κ3) is 5.20. The van der Waals surface area contributed by atoms with Crippen LogP contribution in [-0.2, 0) is 20.7 Å². The summed E-state index contributed by atoms with van der Waals surface area (Å²) in [4.78, 5) is 35.5. The summed E-state index contributed by atoms with van der Waals surface area (Å²) in [6.07, 6.45) is 0.793. The van der Waals surface area contributed by atoms with E-state index in [1.165, 1.54) is 11.3 Å². The number of para-hydroxylation sites is 1. The minimum Gasteiger partial charge on any atom is -0.451 e. The molecule has 24 heavy (non-hydrogen) atoms. The van der Waals surface area contributed by atoms with E-state index in [2.05, 4.69) is 10.6 Å². The highest BCUT2D eigenvalue weighted by molar-refractivity contribution is 7.11. The Morgan fingerprint density at radius 1 is 1.08 bits per heavy atom. The Morgan fingerprint density at radius 2 is 1.88 bits per heavy atom. The zero-order valence-electron chi connectivity index (χ0n) is 13.2. The number of ether oxygens (including phenoxy) is 1. The summed E-state index contributed by atoms with van der Waals surface area (Å²) in [5.74, 6) is -1.42. The Kier molecular flexibility index (Phi) is 6.51. The van der Waals surface area contributed by atoms with Crippen molar-refractivity contribution in [2.45, 2.75) is 13.3 Å². The average molecular weight is 346 g/mol. The van der Waals surface area contributed by atoms with Crippen LogP contribution in [0.2, 0.25) is 0 Å². The van der Waals surface area contributed by atoms with Crippen LogP contribution in [0.3, 0.4) is 0 Å². The molecule has 2 aromatic rings. The lowest BCUT2D eigenvalue weighted by molar-refractivity contribution is -0.126. The Morgan fingerprint density at radius 3 is 2.58 bits per heavy atom. The lowest BCUT2D eigenvalue weighted by Crippen LogP contribution is -2.35. The van der Waals surface area contributed by atoms with Gasteiger partial charge >= 0.3 is 5.97 Å². The van der Waals surface area contributed by atoms with Crippen molar-refractivity contribution in [1.82, 2.24) is 5.32 Å². The Labute approximate surface area is 143 Å². The third-order valence-corrected chi connectivity index (χ3v) is 4.03. The van der Waals surface area contributed by atoms with E-state index in [0.717, 1.165) is 17.7 Å². The second-order valence-electron chi connectivity index (χ2n) is 4.89. The van der Waals surface area contributed by atoms with E-state index in [4.69, 9.17) is 4.74 Å². The molecule has 0 radical (unpaired) electrons. The second kappa shape index (κ2) is 8.83. The van der Waals surface area contributed by atoms with Gasteiger partial charge in [0.2, 0.25) is 5.91 Å². The van der Waals surface area contributed by atoms with Crippen molar-refractivity contribution in [3.05, 3.63) is 52.2 Å². The van der Waals surface area contributed by atoms with Gasteiger partial charge < -0.3 is 15.4 Å². The molecule has 0 unspecified atom stereocenters. The van der Waals surface area contributed by atoms with Crippen LogP contribution in [0.15, 0.2) is 41.8 Å². The van der Waals surface area contributed by atoms with E-state index in [-0.39, 0.29) is 12.5 Å². The van der Waals surface area contributed by atoms with Crippen LogP contribution in [0.4, 0.5) is 5.69 Å². The van der Waals surface area contributed by atoms with Crippen molar-refractivity contribution in [3.8, 4) is 0 Å². The van der Waals surface area contributed by atoms with E-state index < -0.39 is 18.5 Å². The van der Waals surface area contributed by atoms with Crippen molar-refractivity contribution < 1.29 is 19.1 Å². The molecule has 7 heteroatoms. The number of thiophene rings is 1. The summed E-state index contributed by atoms with van der Waals surface area (Å²) in [5, 5.41) is 6.91. The molecule has 0 atom stereocenters. The maximum atomic E-state index is 11.9. The first-order chi connectivity index (χ1) is 11.6. The number of hydrogen-bond acceptors (Lipinski definition) is 5. The van der Waals surface area contributed by atoms with E-state index in [0.29, 0.717) is 4.88 Å². The maximum Gasteiger partial charge on any atom is 0.348 e. The van der Waals surface area contributed by atoms with Crippen LogP contribution >= 0.6 is 11.3 Å². The number of esters is 1. The predicted octanol–water partition coefficient (Wildman–Crippen LogP) is 2.22. The molecule has 0 saturated heterocycles. The van der Waals surface area contributed by atoms with Gasteiger partial charge in [0.05, 0.1) is 6.54 Å². The van der Waals surface area contributed by atoms with Gasteiger partial charge in [0.15, 0.2) is 6.61 Å². The maximum absolute atomic E-state index is 11.9. The Bertz CT molecular complexity index is 713. The third-order valence-electron chi connectivity index (χ3n) is 3.18. The highest BCUT2D eigenvalue weighted by atomic mass is 32.1. The number of carbonyl (C=O) groups excluding carboxylic acids is 3. The minimum atomic E-state index is -0.554. The number of benzene rings is 1. The van der Waals surface area contributed by atoms with Crippen LogP contribution in [0.25, 0.3) is 0 Å². The van der Waals surface area contributed by atoms with Gasteiger partial charge in [0.1, 0.15) is 4.88 Å². The number of hydrogen-bond donors (Lipinski definition) is 2. The zero-order chi connectivity index (χ0) is 17.4. The van der Waals surface area contributed by atoms with Gasteiger partial charge in [-0.1, -0.05) is 31.2 Å². The topological polar surface area (TPSA) is 84.5 Å². The molecule has 0 fully saturated rings. The lowest BCUT2D eigenvalue weighted by Gasteiger charge is -2.10. The average Bonchev–Trinajstić information content (AvgIpc) is 3.13. The van der Waals surface area contributed by atoms with Crippen molar-refractivity contribution in [2.75, 3.05) is 18.5 Å². The first-order valence-corrected chi connectivity index (χ1v) is 8.33. The first kappa shape index (κ1) is 17.7. The fourth-order valence-electron chi connectivity index (χ4n) is 1.97. The number of nitrogens with one attached hydrogen (secondary N) is 2. The molecule has 1 aromatic heterocycles.